The van der Waals surface area contributed by atoms with E-state index in [0.29, 0.717) is 0 Å². The molecular weight excluding hydrogens is 259 g/mol. The fourth-order valence-electron chi connectivity index (χ4n) is 1.08. The van der Waals surface area contributed by atoms with Gasteiger partial charge in [-0.2, -0.15) is 0 Å². The van der Waals surface area contributed by atoms with E-state index < -0.39 is 17.2 Å². The van der Waals surface area contributed by atoms with E-state index in [1.54, 1.807) is 20.8 Å². The molecule has 5 heteroatoms. The number of carbonyl (C=O) groups excluding carboxylic acids is 2. The maximum atomic E-state index is 12.8. The van der Waals surface area contributed by atoms with Crippen LogP contribution in [0.2, 0.25) is 5.02 Å². The molecule has 0 saturated heterocycles. The minimum absolute atomic E-state index is 0.0387. The van der Waals surface area contributed by atoms with Gasteiger partial charge in [0.05, 0.1) is 10.6 Å². The van der Waals surface area contributed by atoms with Crippen LogP contribution in [0.5, 0.6) is 0 Å². The molecule has 0 aromatic heterocycles. The van der Waals surface area contributed by atoms with E-state index in [0.717, 1.165) is 12.1 Å². The first-order valence-electron chi connectivity index (χ1n) is 5.37. The van der Waals surface area contributed by atoms with Gasteiger partial charge in [0.25, 0.3) is 0 Å². The van der Waals surface area contributed by atoms with Gasteiger partial charge in [-0.05, 0) is 18.2 Å². The van der Waals surface area contributed by atoms with Crippen LogP contribution >= 0.6 is 11.6 Å². The Balaban J connectivity index is 2.70. The Hall–Kier alpha value is -1.42. The van der Waals surface area contributed by atoms with Crippen molar-refractivity contribution < 1.29 is 18.7 Å². The van der Waals surface area contributed by atoms with E-state index in [1.165, 1.54) is 6.07 Å². The Morgan fingerprint density at radius 3 is 2.44 bits per heavy atom. The number of Topliss-reactive ketones (excluding diaryl/α,β-unsaturated/α-hetero) is 1. The summed E-state index contributed by atoms with van der Waals surface area (Å²) in [4.78, 5) is 23.2. The summed E-state index contributed by atoms with van der Waals surface area (Å²) < 4.78 is 17.6. The minimum Gasteiger partial charge on any atom is -0.454 e. The van der Waals surface area contributed by atoms with Gasteiger partial charge in [0.2, 0.25) is 0 Å². The lowest BCUT2D eigenvalue weighted by Gasteiger charge is -2.16. The van der Waals surface area contributed by atoms with Gasteiger partial charge in [-0.3, -0.25) is 4.79 Å². The third-order valence-corrected chi connectivity index (χ3v) is 2.63. The number of carbonyl (C=O) groups is 2. The van der Waals surface area contributed by atoms with Crippen molar-refractivity contribution in [2.75, 3.05) is 6.61 Å². The molecule has 0 spiro atoms. The normalized spacial score (nSPS) is 11.2. The number of halogens is 2. The summed E-state index contributed by atoms with van der Waals surface area (Å²) in [6, 6.07) is 3.35. The van der Waals surface area contributed by atoms with Crippen LogP contribution in [-0.4, -0.2) is 18.4 Å². The van der Waals surface area contributed by atoms with Gasteiger partial charge in [0.15, 0.2) is 12.4 Å². The molecular formula is C13H14ClFO3. The molecule has 0 heterocycles. The number of ketones is 1. The molecule has 0 saturated carbocycles. The molecule has 0 radical (unpaired) electrons. The van der Waals surface area contributed by atoms with E-state index in [1.807, 2.05) is 0 Å². The highest BCUT2D eigenvalue weighted by Crippen LogP contribution is 2.19. The predicted octanol–water partition coefficient (Wildman–Crippen LogP) is 3.25. The summed E-state index contributed by atoms with van der Waals surface area (Å²) in [5.41, 5.74) is -0.535. The standard InChI is InChI=1S/C13H14ClFO3/c1-13(2,3)11(16)7-18-12(17)9-5-4-8(15)6-10(9)14/h4-6H,7H2,1-3H3. The molecule has 0 fully saturated rings. The molecule has 0 bridgehead atoms. The zero-order valence-corrected chi connectivity index (χ0v) is 11.2. The van der Waals surface area contributed by atoms with Gasteiger partial charge in [0, 0.05) is 5.41 Å². The van der Waals surface area contributed by atoms with Crippen molar-refractivity contribution in [3.63, 3.8) is 0 Å². The molecule has 1 aromatic carbocycles. The third kappa shape index (κ3) is 3.81. The molecule has 0 aliphatic heterocycles. The van der Waals surface area contributed by atoms with Crippen LogP contribution < -0.4 is 0 Å². The molecule has 3 nitrogen and oxygen atoms in total. The second kappa shape index (κ2) is 5.48. The van der Waals surface area contributed by atoms with Gasteiger partial charge in [-0.1, -0.05) is 32.4 Å². The Labute approximate surface area is 110 Å². The van der Waals surface area contributed by atoms with Crippen molar-refractivity contribution in [3.8, 4) is 0 Å². The Kier molecular flexibility index (Phi) is 4.46. The molecule has 1 aromatic rings. The molecule has 1 rings (SSSR count). The maximum absolute atomic E-state index is 12.8. The fraction of sp³-hybridized carbons (Fsp3) is 0.385. The van der Waals surface area contributed by atoms with Crippen LogP contribution in [0.15, 0.2) is 18.2 Å². The lowest BCUT2D eigenvalue weighted by molar-refractivity contribution is -0.129. The molecule has 98 valence electrons. The highest BCUT2D eigenvalue weighted by molar-refractivity contribution is 6.33. The number of esters is 1. The Morgan fingerprint density at radius 2 is 1.94 bits per heavy atom. The summed E-state index contributed by atoms with van der Waals surface area (Å²) in [7, 11) is 0. The SMILES string of the molecule is CC(C)(C)C(=O)COC(=O)c1ccc(F)cc1Cl. The first-order chi connectivity index (χ1) is 8.21. The first kappa shape index (κ1) is 14.6. The van der Waals surface area contributed by atoms with Crippen LogP contribution in [0.25, 0.3) is 0 Å². The van der Waals surface area contributed by atoms with Crippen LogP contribution in [0, 0.1) is 11.2 Å². The third-order valence-electron chi connectivity index (χ3n) is 2.32. The molecule has 18 heavy (non-hydrogen) atoms. The number of rotatable bonds is 3. The summed E-state index contributed by atoms with van der Waals surface area (Å²) in [6.45, 7) is 4.87. The van der Waals surface area contributed by atoms with Crippen molar-refractivity contribution in [1.82, 2.24) is 0 Å². The van der Waals surface area contributed by atoms with Crippen LogP contribution in [-0.2, 0) is 9.53 Å². The summed E-state index contributed by atoms with van der Waals surface area (Å²) in [5.74, 6) is -1.48. The molecule has 0 N–H and O–H groups in total. The van der Waals surface area contributed by atoms with Gasteiger partial charge in [0.1, 0.15) is 5.82 Å². The van der Waals surface area contributed by atoms with Crippen molar-refractivity contribution in [3.05, 3.63) is 34.6 Å². The van der Waals surface area contributed by atoms with Gasteiger partial charge >= 0.3 is 5.97 Å². The van der Waals surface area contributed by atoms with E-state index in [-0.39, 0.29) is 23.0 Å². The first-order valence-corrected chi connectivity index (χ1v) is 5.75. The van der Waals surface area contributed by atoms with Crippen molar-refractivity contribution >= 4 is 23.4 Å². The van der Waals surface area contributed by atoms with Crippen LogP contribution in [0.1, 0.15) is 31.1 Å². The fourth-order valence-corrected chi connectivity index (χ4v) is 1.32. The van der Waals surface area contributed by atoms with Crippen molar-refractivity contribution in [2.24, 2.45) is 5.41 Å². The van der Waals surface area contributed by atoms with Crippen molar-refractivity contribution in [2.45, 2.75) is 20.8 Å². The molecule has 0 aliphatic carbocycles. The smallest absolute Gasteiger partial charge is 0.340 e. The zero-order chi connectivity index (χ0) is 13.9. The zero-order valence-electron chi connectivity index (χ0n) is 10.4. The highest BCUT2D eigenvalue weighted by Gasteiger charge is 2.23. The van der Waals surface area contributed by atoms with Crippen molar-refractivity contribution in [1.29, 1.82) is 0 Å². The summed E-state index contributed by atoms with van der Waals surface area (Å²) >= 11 is 5.70. The van der Waals surface area contributed by atoms with Gasteiger partial charge in [-0.15, -0.1) is 0 Å². The van der Waals surface area contributed by atoms with Gasteiger partial charge < -0.3 is 4.74 Å². The number of benzene rings is 1. The topological polar surface area (TPSA) is 43.4 Å². The maximum Gasteiger partial charge on any atom is 0.340 e. The van der Waals surface area contributed by atoms with Crippen LogP contribution in [0.4, 0.5) is 4.39 Å². The molecule has 0 unspecified atom stereocenters. The summed E-state index contributed by atoms with van der Waals surface area (Å²) in [6.07, 6.45) is 0. The molecule has 0 atom stereocenters. The lowest BCUT2D eigenvalue weighted by atomic mass is 9.91. The van der Waals surface area contributed by atoms with Gasteiger partial charge in [-0.25, -0.2) is 9.18 Å². The monoisotopic (exact) mass is 272 g/mol. The quantitative estimate of drug-likeness (QED) is 0.793. The molecule has 0 aliphatic rings. The minimum atomic E-state index is -0.738. The average Bonchev–Trinajstić information content (AvgIpc) is 2.24. The second-order valence-electron chi connectivity index (χ2n) is 4.87. The number of ether oxygens (including phenoxy) is 1. The Morgan fingerprint density at radius 1 is 1.33 bits per heavy atom. The second-order valence-corrected chi connectivity index (χ2v) is 5.28. The highest BCUT2D eigenvalue weighted by atomic mass is 35.5. The summed E-state index contributed by atoms with van der Waals surface area (Å²) in [5, 5.41) is -0.0387. The number of hydrogen-bond acceptors (Lipinski definition) is 3. The van der Waals surface area contributed by atoms with E-state index >= 15 is 0 Å². The predicted molar refractivity (Wildman–Crippen MR) is 66.2 cm³/mol. The molecule has 0 amide bonds. The number of hydrogen-bond donors (Lipinski definition) is 0. The van der Waals surface area contributed by atoms with E-state index in [9.17, 15) is 14.0 Å². The largest absolute Gasteiger partial charge is 0.454 e. The van der Waals surface area contributed by atoms with Crippen LogP contribution in [0.3, 0.4) is 0 Å². The average molecular weight is 273 g/mol. The lowest BCUT2D eigenvalue weighted by Crippen LogP contribution is -2.26. The van der Waals surface area contributed by atoms with E-state index in [2.05, 4.69) is 0 Å². The Bertz CT molecular complexity index is 478. The van der Waals surface area contributed by atoms with E-state index in [4.69, 9.17) is 16.3 Å².